The van der Waals surface area contributed by atoms with E-state index in [0.717, 1.165) is 0 Å². The Bertz CT molecular complexity index is 278. The zero-order valence-corrected chi connectivity index (χ0v) is 12.4. The van der Waals surface area contributed by atoms with E-state index in [1.165, 1.54) is 32.1 Å². The third kappa shape index (κ3) is 5.48. The predicted molar refractivity (Wildman–Crippen MR) is 76.0 cm³/mol. The molecule has 0 aromatic carbocycles. The molecule has 0 aromatic heterocycles. The monoisotopic (exact) mass is 274 g/mol. The van der Waals surface area contributed by atoms with Crippen LogP contribution >= 0.6 is 0 Å². The van der Waals surface area contributed by atoms with Crippen LogP contribution in [0.5, 0.6) is 0 Å². The molecule has 2 atom stereocenters. The maximum Gasteiger partial charge on any atom is 0.232 e. The Morgan fingerprint density at radius 2 is 2.00 bits per heavy atom. The SMILES string of the molecule is CCNC(=O)CS(=O)CC(NC)C1CCCCC1. The third-order valence-electron chi connectivity index (χ3n) is 3.62. The molecule has 1 aliphatic carbocycles. The molecule has 1 fully saturated rings. The molecule has 2 unspecified atom stereocenters. The van der Waals surface area contributed by atoms with Crippen LogP contribution in [0.2, 0.25) is 0 Å². The zero-order chi connectivity index (χ0) is 13.4. The average molecular weight is 274 g/mol. The molecule has 2 N–H and O–H groups in total. The molecular weight excluding hydrogens is 248 g/mol. The highest BCUT2D eigenvalue weighted by molar-refractivity contribution is 7.85. The molecule has 5 heteroatoms. The van der Waals surface area contributed by atoms with Crippen molar-refractivity contribution in [3.63, 3.8) is 0 Å². The molecule has 106 valence electrons. The topological polar surface area (TPSA) is 58.2 Å². The van der Waals surface area contributed by atoms with Crippen molar-refractivity contribution < 1.29 is 9.00 Å². The third-order valence-corrected chi connectivity index (χ3v) is 4.94. The first-order chi connectivity index (χ1) is 8.67. The van der Waals surface area contributed by atoms with Gasteiger partial charge in [-0.05, 0) is 32.7 Å². The number of amides is 1. The van der Waals surface area contributed by atoms with Crippen molar-refractivity contribution in [1.82, 2.24) is 10.6 Å². The first-order valence-corrected chi connectivity index (χ1v) is 8.45. The van der Waals surface area contributed by atoms with Crippen LogP contribution in [0.25, 0.3) is 0 Å². The van der Waals surface area contributed by atoms with Crippen LogP contribution < -0.4 is 10.6 Å². The van der Waals surface area contributed by atoms with E-state index in [1.54, 1.807) is 0 Å². The van der Waals surface area contributed by atoms with Gasteiger partial charge in [0, 0.05) is 29.1 Å². The van der Waals surface area contributed by atoms with Crippen molar-refractivity contribution in [2.45, 2.75) is 45.1 Å². The molecule has 0 saturated heterocycles. The van der Waals surface area contributed by atoms with Crippen molar-refractivity contribution in [2.24, 2.45) is 5.92 Å². The summed E-state index contributed by atoms with van der Waals surface area (Å²) in [6, 6.07) is 0.292. The molecule has 1 aliphatic rings. The lowest BCUT2D eigenvalue weighted by Gasteiger charge is -2.29. The summed E-state index contributed by atoms with van der Waals surface area (Å²) in [6.45, 7) is 2.48. The summed E-state index contributed by atoms with van der Waals surface area (Å²) in [4.78, 5) is 11.4. The lowest BCUT2D eigenvalue weighted by molar-refractivity contribution is -0.118. The maximum atomic E-state index is 12.0. The Hall–Kier alpha value is -0.420. The summed E-state index contributed by atoms with van der Waals surface area (Å²) in [7, 11) is 0.875. The fraction of sp³-hybridized carbons (Fsp3) is 0.923. The summed E-state index contributed by atoms with van der Waals surface area (Å²) >= 11 is 0. The van der Waals surface area contributed by atoms with Crippen LogP contribution in [0.15, 0.2) is 0 Å². The van der Waals surface area contributed by atoms with Crippen molar-refractivity contribution in [3.05, 3.63) is 0 Å². The van der Waals surface area contributed by atoms with Crippen LogP contribution in [-0.4, -0.2) is 41.3 Å². The molecule has 0 spiro atoms. The van der Waals surface area contributed by atoms with E-state index in [-0.39, 0.29) is 11.7 Å². The van der Waals surface area contributed by atoms with Gasteiger partial charge in [-0.3, -0.25) is 9.00 Å². The van der Waals surface area contributed by atoms with Crippen LogP contribution in [0.4, 0.5) is 0 Å². The first-order valence-electron chi connectivity index (χ1n) is 6.96. The Morgan fingerprint density at radius 3 is 2.56 bits per heavy atom. The van der Waals surface area contributed by atoms with E-state index in [0.29, 0.717) is 24.3 Å². The second kappa shape index (κ2) is 8.64. The fourth-order valence-electron chi connectivity index (χ4n) is 2.65. The number of hydrogen-bond donors (Lipinski definition) is 2. The van der Waals surface area contributed by atoms with Gasteiger partial charge in [0.25, 0.3) is 0 Å². The highest BCUT2D eigenvalue weighted by atomic mass is 32.2. The van der Waals surface area contributed by atoms with Crippen molar-refractivity contribution in [3.8, 4) is 0 Å². The molecule has 1 amide bonds. The number of rotatable bonds is 7. The molecular formula is C13H26N2O2S. The second-order valence-electron chi connectivity index (χ2n) is 5.00. The van der Waals surface area contributed by atoms with Crippen LogP contribution in [-0.2, 0) is 15.6 Å². The van der Waals surface area contributed by atoms with Gasteiger partial charge in [0.2, 0.25) is 5.91 Å². The van der Waals surface area contributed by atoms with Gasteiger partial charge in [-0.15, -0.1) is 0 Å². The Kier molecular flexibility index (Phi) is 7.51. The number of carbonyl (C=O) groups is 1. The number of nitrogens with one attached hydrogen (secondary N) is 2. The van der Waals surface area contributed by atoms with Gasteiger partial charge < -0.3 is 10.6 Å². The standard InChI is InChI=1S/C13H26N2O2S/c1-3-15-13(16)10-18(17)9-12(14-2)11-7-5-4-6-8-11/h11-12,14H,3-10H2,1-2H3,(H,15,16). The smallest absolute Gasteiger partial charge is 0.232 e. The maximum absolute atomic E-state index is 12.0. The van der Waals surface area contributed by atoms with Gasteiger partial charge in [0.05, 0.1) is 0 Å². The van der Waals surface area contributed by atoms with E-state index in [2.05, 4.69) is 10.6 Å². The minimum absolute atomic E-state index is 0.102. The molecule has 0 radical (unpaired) electrons. The minimum Gasteiger partial charge on any atom is -0.356 e. The molecule has 1 rings (SSSR count). The first kappa shape index (κ1) is 15.6. The summed E-state index contributed by atoms with van der Waals surface area (Å²) in [5, 5.41) is 5.98. The lowest BCUT2D eigenvalue weighted by Crippen LogP contribution is -2.41. The van der Waals surface area contributed by atoms with E-state index in [9.17, 15) is 9.00 Å². The van der Waals surface area contributed by atoms with Crippen LogP contribution in [0, 0.1) is 5.92 Å². The molecule has 0 aliphatic heterocycles. The van der Waals surface area contributed by atoms with Gasteiger partial charge in [0.1, 0.15) is 5.75 Å². The Morgan fingerprint density at radius 1 is 1.33 bits per heavy atom. The average Bonchev–Trinajstić information content (AvgIpc) is 2.37. The fourth-order valence-corrected chi connectivity index (χ4v) is 4.00. The van der Waals surface area contributed by atoms with Gasteiger partial charge in [0.15, 0.2) is 0 Å². The predicted octanol–water partition coefficient (Wildman–Crippen LogP) is 1.04. The van der Waals surface area contributed by atoms with Gasteiger partial charge in [-0.25, -0.2) is 0 Å². The van der Waals surface area contributed by atoms with Crippen molar-refractivity contribution in [1.29, 1.82) is 0 Å². The van der Waals surface area contributed by atoms with Crippen molar-refractivity contribution in [2.75, 3.05) is 25.1 Å². The van der Waals surface area contributed by atoms with Gasteiger partial charge in [-0.2, -0.15) is 0 Å². The van der Waals surface area contributed by atoms with E-state index in [4.69, 9.17) is 0 Å². The van der Waals surface area contributed by atoms with E-state index in [1.807, 2.05) is 14.0 Å². The molecule has 0 aromatic rings. The van der Waals surface area contributed by atoms with E-state index >= 15 is 0 Å². The molecule has 4 nitrogen and oxygen atoms in total. The van der Waals surface area contributed by atoms with Crippen molar-refractivity contribution >= 4 is 16.7 Å². The van der Waals surface area contributed by atoms with Gasteiger partial charge >= 0.3 is 0 Å². The number of hydrogen-bond acceptors (Lipinski definition) is 3. The summed E-state index contributed by atoms with van der Waals surface area (Å²) in [6.07, 6.45) is 6.35. The normalized spacial score (nSPS) is 20.3. The Labute approximate surface area is 113 Å². The minimum atomic E-state index is -1.06. The highest BCUT2D eigenvalue weighted by Crippen LogP contribution is 2.26. The quantitative estimate of drug-likeness (QED) is 0.729. The highest BCUT2D eigenvalue weighted by Gasteiger charge is 2.24. The molecule has 0 heterocycles. The summed E-state index contributed by atoms with van der Waals surface area (Å²) < 4.78 is 12.0. The van der Waals surface area contributed by atoms with Crippen LogP contribution in [0.1, 0.15) is 39.0 Å². The second-order valence-corrected chi connectivity index (χ2v) is 6.50. The molecule has 18 heavy (non-hydrogen) atoms. The molecule has 1 saturated carbocycles. The molecule has 0 bridgehead atoms. The summed E-state index contributed by atoms with van der Waals surface area (Å²) in [5.74, 6) is 1.26. The summed E-state index contributed by atoms with van der Waals surface area (Å²) in [5.41, 5.74) is 0. The number of carbonyl (C=O) groups excluding carboxylic acids is 1. The Balaban J connectivity index is 2.37. The lowest BCUT2D eigenvalue weighted by atomic mass is 9.84. The van der Waals surface area contributed by atoms with Crippen LogP contribution in [0.3, 0.4) is 0 Å². The largest absolute Gasteiger partial charge is 0.356 e. The van der Waals surface area contributed by atoms with E-state index < -0.39 is 10.8 Å². The zero-order valence-electron chi connectivity index (χ0n) is 11.5. The van der Waals surface area contributed by atoms with Gasteiger partial charge in [-0.1, -0.05) is 19.3 Å².